The Kier molecular flexibility index (Phi) is 5.02. The van der Waals surface area contributed by atoms with Crippen molar-refractivity contribution in [2.24, 2.45) is 0 Å². The Bertz CT molecular complexity index is 971. The van der Waals surface area contributed by atoms with E-state index < -0.39 is 0 Å². The van der Waals surface area contributed by atoms with E-state index in [1.54, 1.807) is 7.11 Å². The second-order valence-corrected chi connectivity index (χ2v) is 7.08. The van der Waals surface area contributed by atoms with E-state index in [1.807, 2.05) is 65.6 Å². The molecule has 1 heterocycles. The number of fused-ring (bicyclic) bond motifs is 1. The summed E-state index contributed by atoms with van der Waals surface area (Å²) in [6.07, 6.45) is 0.826. The molecule has 28 heavy (non-hydrogen) atoms. The van der Waals surface area contributed by atoms with Gasteiger partial charge in [-0.05, 0) is 49.2 Å². The van der Waals surface area contributed by atoms with Gasteiger partial charge in [0.2, 0.25) is 0 Å². The largest absolute Gasteiger partial charge is 0.496 e. The van der Waals surface area contributed by atoms with Crippen molar-refractivity contribution < 1.29 is 9.53 Å². The van der Waals surface area contributed by atoms with Crippen LogP contribution in [0.5, 0.6) is 5.75 Å². The number of nitrogens with zero attached hydrogens (tertiary/aromatic N) is 1. The molecule has 3 aromatic rings. The third kappa shape index (κ3) is 3.33. The first kappa shape index (κ1) is 18.1. The van der Waals surface area contributed by atoms with Gasteiger partial charge in [-0.2, -0.15) is 0 Å². The van der Waals surface area contributed by atoms with E-state index in [9.17, 15) is 4.79 Å². The van der Waals surface area contributed by atoms with Gasteiger partial charge in [-0.3, -0.25) is 4.79 Å². The van der Waals surface area contributed by atoms with Crippen molar-refractivity contribution in [3.8, 4) is 5.75 Å². The fourth-order valence-electron chi connectivity index (χ4n) is 3.95. The summed E-state index contributed by atoms with van der Waals surface area (Å²) in [5.74, 6) is 0.567. The molecule has 142 valence electrons. The normalized spacial score (nSPS) is 18.3. The minimum absolute atomic E-state index is 0.0319. The minimum atomic E-state index is -0.0319. The van der Waals surface area contributed by atoms with Crippen LogP contribution >= 0.6 is 0 Å². The molecular formula is C24H24N2O2. The lowest BCUT2D eigenvalue weighted by Gasteiger charge is -2.40. The van der Waals surface area contributed by atoms with Crippen LogP contribution in [0.3, 0.4) is 0 Å². The summed E-state index contributed by atoms with van der Waals surface area (Å²) >= 11 is 0. The first-order valence-electron chi connectivity index (χ1n) is 9.56. The number of anilines is 2. The molecule has 0 spiro atoms. The van der Waals surface area contributed by atoms with Crippen LogP contribution in [0, 0.1) is 0 Å². The Morgan fingerprint density at radius 2 is 1.64 bits per heavy atom. The van der Waals surface area contributed by atoms with Crippen LogP contribution in [0.1, 0.15) is 35.3 Å². The second-order valence-electron chi connectivity index (χ2n) is 7.08. The zero-order valence-corrected chi connectivity index (χ0v) is 16.1. The molecule has 0 bridgehead atoms. The van der Waals surface area contributed by atoms with Crippen LogP contribution in [0.2, 0.25) is 0 Å². The van der Waals surface area contributed by atoms with Gasteiger partial charge >= 0.3 is 0 Å². The number of amides is 1. The summed E-state index contributed by atoms with van der Waals surface area (Å²) in [4.78, 5) is 15.3. The van der Waals surface area contributed by atoms with E-state index >= 15 is 0 Å². The number of carbonyl (C=O) groups excluding carboxylic acids is 1. The topological polar surface area (TPSA) is 41.6 Å². The van der Waals surface area contributed by atoms with Gasteiger partial charge in [0.05, 0.1) is 18.7 Å². The SMILES string of the molecule is COc1ccccc1C(=O)N1c2ccccc2[C@@H](Nc2ccccc2)C[C@H]1C. The van der Waals surface area contributed by atoms with Gasteiger partial charge < -0.3 is 15.0 Å². The Labute approximate surface area is 165 Å². The maximum absolute atomic E-state index is 13.4. The van der Waals surface area contributed by atoms with Crippen molar-refractivity contribution >= 4 is 17.3 Å². The quantitative estimate of drug-likeness (QED) is 0.677. The molecule has 3 aromatic carbocycles. The van der Waals surface area contributed by atoms with E-state index in [0.29, 0.717) is 11.3 Å². The Balaban J connectivity index is 1.71. The molecular weight excluding hydrogens is 348 g/mol. The number of hydrogen-bond acceptors (Lipinski definition) is 3. The van der Waals surface area contributed by atoms with Crippen molar-refractivity contribution in [3.05, 3.63) is 90.0 Å². The molecule has 4 nitrogen and oxygen atoms in total. The van der Waals surface area contributed by atoms with Crippen molar-refractivity contribution in [2.45, 2.75) is 25.4 Å². The van der Waals surface area contributed by atoms with Crippen molar-refractivity contribution in [1.82, 2.24) is 0 Å². The number of nitrogens with one attached hydrogen (secondary N) is 1. The van der Waals surface area contributed by atoms with Gasteiger partial charge in [0.25, 0.3) is 5.91 Å². The summed E-state index contributed by atoms with van der Waals surface area (Å²) in [6.45, 7) is 2.10. The monoisotopic (exact) mass is 372 g/mol. The average molecular weight is 372 g/mol. The first-order chi connectivity index (χ1) is 13.7. The first-order valence-corrected chi connectivity index (χ1v) is 9.56. The maximum Gasteiger partial charge on any atom is 0.262 e. The highest BCUT2D eigenvalue weighted by molar-refractivity contribution is 6.09. The molecule has 2 atom stereocenters. The lowest BCUT2D eigenvalue weighted by atomic mass is 9.90. The fourth-order valence-corrected chi connectivity index (χ4v) is 3.95. The summed E-state index contributed by atoms with van der Waals surface area (Å²) in [6, 6.07) is 25.9. The number of para-hydroxylation sites is 3. The highest BCUT2D eigenvalue weighted by Crippen LogP contribution is 2.40. The van der Waals surface area contributed by atoms with Crippen LogP contribution in [-0.4, -0.2) is 19.1 Å². The molecule has 1 aliphatic heterocycles. The lowest BCUT2D eigenvalue weighted by molar-refractivity contribution is 0.0971. The van der Waals surface area contributed by atoms with E-state index in [1.165, 1.54) is 0 Å². The molecule has 0 fully saturated rings. The maximum atomic E-state index is 13.4. The van der Waals surface area contributed by atoms with Crippen molar-refractivity contribution in [2.75, 3.05) is 17.3 Å². The van der Waals surface area contributed by atoms with Crippen LogP contribution in [-0.2, 0) is 0 Å². The van der Waals surface area contributed by atoms with Gasteiger partial charge in [0.1, 0.15) is 5.75 Å². The highest BCUT2D eigenvalue weighted by Gasteiger charge is 2.34. The van der Waals surface area contributed by atoms with E-state index in [4.69, 9.17) is 4.74 Å². The summed E-state index contributed by atoms with van der Waals surface area (Å²) in [5, 5.41) is 3.63. The summed E-state index contributed by atoms with van der Waals surface area (Å²) < 4.78 is 5.42. The number of rotatable bonds is 4. The smallest absolute Gasteiger partial charge is 0.262 e. The minimum Gasteiger partial charge on any atom is -0.496 e. The van der Waals surface area contributed by atoms with Crippen LogP contribution in [0.4, 0.5) is 11.4 Å². The number of ether oxygens (including phenoxy) is 1. The molecule has 1 N–H and O–H groups in total. The lowest BCUT2D eigenvalue weighted by Crippen LogP contribution is -2.44. The molecule has 0 unspecified atom stereocenters. The van der Waals surface area contributed by atoms with Crippen molar-refractivity contribution in [1.29, 1.82) is 0 Å². The van der Waals surface area contributed by atoms with Crippen LogP contribution in [0.25, 0.3) is 0 Å². The van der Waals surface area contributed by atoms with Gasteiger partial charge in [0, 0.05) is 17.4 Å². The zero-order valence-electron chi connectivity index (χ0n) is 16.1. The van der Waals surface area contributed by atoms with Gasteiger partial charge in [-0.25, -0.2) is 0 Å². The number of benzene rings is 3. The molecule has 0 saturated heterocycles. The highest BCUT2D eigenvalue weighted by atomic mass is 16.5. The fraction of sp³-hybridized carbons (Fsp3) is 0.208. The molecule has 4 rings (SSSR count). The molecule has 0 aromatic heterocycles. The van der Waals surface area contributed by atoms with E-state index in [-0.39, 0.29) is 18.0 Å². The standard InChI is InChI=1S/C24H24N2O2/c1-17-16-21(25-18-10-4-3-5-11-18)19-12-6-8-14-22(19)26(17)24(27)20-13-7-9-15-23(20)28-2/h3-15,17,21,25H,16H2,1-2H3/t17-,21+/m1/s1. The van der Waals surface area contributed by atoms with Gasteiger partial charge in [-0.1, -0.05) is 48.5 Å². The van der Waals surface area contributed by atoms with Gasteiger partial charge in [-0.15, -0.1) is 0 Å². The third-order valence-electron chi connectivity index (χ3n) is 5.26. The predicted octanol–water partition coefficient (Wildman–Crippen LogP) is 5.29. The summed E-state index contributed by atoms with van der Waals surface area (Å²) in [5.41, 5.74) is 3.75. The zero-order chi connectivity index (χ0) is 19.5. The second kappa shape index (κ2) is 7.77. The third-order valence-corrected chi connectivity index (χ3v) is 5.26. The van der Waals surface area contributed by atoms with Crippen LogP contribution in [0.15, 0.2) is 78.9 Å². The van der Waals surface area contributed by atoms with Crippen molar-refractivity contribution in [3.63, 3.8) is 0 Å². The van der Waals surface area contributed by atoms with E-state index in [2.05, 4.69) is 30.4 Å². The molecule has 0 aliphatic carbocycles. The molecule has 0 saturated carbocycles. The summed E-state index contributed by atoms with van der Waals surface area (Å²) in [7, 11) is 1.60. The van der Waals surface area contributed by atoms with Crippen LogP contribution < -0.4 is 15.0 Å². The average Bonchev–Trinajstić information content (AvgIpc) is 2.74. The molecule has 4 heteroatoms. The number of carbonyl (C=O) groups is 1. The molecule has 1 aliphatic rings. The number of methoxy groups -OCH3 is 1. The Morgan fingerprint density at radius 3 is 2.43 bits per heavy atom. The Hall–Kier alpha value is -3.27. The predicted molar refractivity (Wildman–Crippen MR) is 113 cm³/mol. The number of hydrogen-bond donors (Lipinski definition) is 1. The van der Waals surface area contributed by atoms with E-state index in [0.717, 1.165) is 23.4 Å². The Morgan fingerprint density at radius 1 is 0.964 bits per heavy atom. The molecule has 1 amide bonds. The van der Waals surface area contributed by atoms with Gasteiger partial charge in [0.15, 0.2) is 0 Å². The molecule has 0 radical (unpaired) electrons.